The highest BCUT2D eigenvalue weighted by atomic mass is 79.9. The standard InChI is InChI=1S/C10H8BrNO3/c1-15-8-4-6(11)2-5-3-7(10(13)14)12-9(5)8/h2-4,12H,1H3,(H,13,14). The van der Waals surface area contributed by atoms with Crippen molar-refractivity contribution in [3.05, 3.63) is 28.4 Å². The second-order valence-electron chi connectivity index (χ2n) is 3.06. The van der Waals surface area contributed by atoms with Crippen LogP contribution < -0.4 is 4.74 Å². The summed E-state index contributed by atoms with van der Waals surface area (Å²) in [6.45, 7) is 0. The van der Waals surface area contributed by atoms with E-state index in [0.717, 1.165) is 9.86 Å². The number of halogens is 1. The van der Waals surface area contributed by atoms with Crippen molar-refractivity contribution in [2.75, 3.05) is 7.11 Å². The Morgan fingerprint density at radius 1 is 1.47 bits per heavy atom. The number of aromatic amines is 1. The van der Waals surface area contributed by atoms with Gasteiger partial charge >= 0.3 is 5.97 Å². The molecule has 4 nitrogen and oxygen atoms in total. The normalized spacial score (nSPS) is 10.5. The number of aromatic carboxylic acids is 1. The number of ether oxygens (including phenoxy) is 1. The third-order valence-corrected chi connectivity index (χ3v) is 2.57. The number of carboxylic acid groups (broad SMARTS) is 1. The van der Waals surface area contributed by atoms with E-state index in [1.807, 2.05) is 6.07 Å². The van der Waals surface area contributed by atoms with E-state index >= 15 is 0 Å². The van der Waals surface area contributed by atoms with Crippen LogP contribution in [0.4, 0.5) is 0 Å². The zero-order valence-electron chi connectivity index (χ0n) is 7.87. The van der Waals surface area contributed by atoms with E-state index in [-0.39, 0.29) is 5.69 Å². The molecule has 0 aliphatic heterocycles. The van der Waals surface area contributed by atoms with E-state index in [0.29, 0.717) is 11.3 Å². The van der Waals surface area contributed by atoms with Crippen LogP contribution in [0.5, 0.6) is 5.75 Å². The Labute approximate surface area is 94.0 Å². The van der Waals surface area contributed by atoms with Gasteiger partial charge in [-0.15, -0.1) is 0 Å². The lowest BCUT2D eigenvalue weighted by atomic mass is 10.2. The van der Waals surface area contributed by atoms with Crippen molar-refractivity contribution in [1.82, 2.24) is 4.98 Å². The van der Waals surface area contributed by atoms with E-state index in [2.05, 4.69) is 20.9 Å². The molecule has 0 saturated carbocycles. The number of aromatic nitrogens is 1. The monoisotopic (exact) mass is 269 g/mol. The second-order valence-corrected chi connectivity index (χ2v) is 3.98. The fourth-order valence-electron chi connectivity index (χ4n) is 1.45. The lowest BCUT2D eigenvalue weighted by molar-refractivity contribution is 0.0691. The van der Waals surface area contributed by atoms with Crippen LogP contribution in [-0.4, -0.2) is 23.2 Å². The number of methoxy groups -OCH3 is 1. The van der Waals surface area contributed by atoms with Crippen LogP contribution >= 0.6 is 15.9 Å². The van der Waals surface area contributed by atoms with Crippen LogP contribution in [0, 0.1) is 0 Å². The quantitative estimate of drug-likeness (QED) is 0.881. The Balaban J connectivity index is 2.74. The SMILES string of the molecule is COc1cc(Br)cc2cc(C(=O)O)[nH]c12. The first kappa shape index (κ1) is 10.0. The molecule has 1 aromatic carbocycles. The second kappa shape index (κ2) is 3.58. The van der Waals surface area contributed by atoms with E-state index in [9.17, 15) is 4.79 Å². The van der Waals surface area contributed by atoms with Crippen molar-refractivity contribution < 1.29 is 14.6 Å². The Morgan fingerprint density at radius 3 is 2.80 bits per heavy atom. The summed E-state index contributed by atoms with van der Waals surface area (Å²) in [7, 11) is 1.54. The summed E-state index contributed by atoms with van der Waals surface area (Å²) in [6.07, 6.45) is 0. The van der Waals surface area contributed by atoms with Gasteiger partial charge in [-0.2, -0.15) is 0 Å². The van der Waals surface area contributed by atoms with Crippen LogP contribution in [-0.2, 0) is 0 Å². The molecule has 0 radical (unpaired) electrons. The first-order chi connectivity index (χ1) is 7.11. The summed E-state index contributed by atoms with van der Waals surface area (Å²) in [5.41, 5.74) is 0.847. The van der Waals surface area contributed by atoms with Gasteiger partial charge < -0.3 is 14.8 Å². The van der Waals surface area contributed by atoms with Crippen molar-refractivity contribution in [2.45, 2.75) is 0 Å². The summed E-state index contributed by atoms with van der Waals surface area (Å²) in [6, 6.07) is 5.19. The highest BCUT2D eigenvalue weighted by Gasteiger charge is 2.11. The molecule has 2 rings (SSSR count). The Morgan fingerprint density at radius 2 is 2.20 bits per heavy atom. The van der Waals surface area contributed by atoms with Crippen LogP contribution in [0.2, 0.25) is 0 Å². The minimum absolute atomic E-state index is 0.154. The first-order valence-corrected chi connectivity index (χ1v) is 5.00. The van der Waals surface area contributed by atoms with Crippen LogP contribution in [0.3, 0.4) is 0 Å². The van der Waals surface area contributed by atoms with Crippen molar-refractivity contribution in [3.8, 4) is 5.75 Å². The van der Waals surface area contributed by atoms with Crippen LogP contribution in [0.1, 0.15) is 10.5 Å². The van der Waals surface area contributed by atoms with E-state index in [1.54, 1.807) is 19.2 Å². The van der Waals surface area contributed by atoms with Gasteiger partial charge in [0.05, 0.1) is 12.6 Å². The minimum atomic E-state index is -0.982. The summed E-state index contributed by atoms with van der Waals surface area (Å²) in [5.74, 6) is -0.365. The van der Waals surface area contributed by atoms with Gasteiger partial charge in [0.2, 0.25) is 0 Å². The van der Waals surface area contributed by atoms with Crippen molar-refractivity contribution in [2.24, 2.45) is 0 Å². The molecule has 5 heteroatoms. The molecule has 78 valence electrons. The topological polar surface area (TPSA) is 62.3 Å². The smallest absolute Gasteiger partial charge is 0.352 e. The molecule has 0 unspecified atom stereocenters. The van der Waals surface area contributed by atoms with Crippen LogP contribution in [0.25, 0.3) is 10.9 Å². The number of carbonyl (C=O) groups is 1. The molecule has 1 aromatic heterocycles. The molecule has 15 heavy (non-hydrogen) atoms. The van der Waals surface area contributed by atoms with Gasteiger partial charge in [0, 0.05) is 9.86 Å². The molecule has 0 aliphatic rings. The maximum Gasteiger partial charge on any atom is 0.352 e. The van der Waals surface area contributed by atoms with Gasteiger partial charge in [0.15, 0.2) is 0 Å². The van der Waals surface area contributed by atoms with Gasteiger partial charge in [-0.1, -0.05) is 15.9 Å². The summed E-state index contributed by atoms with van der Waals surface area (Å²) < 4.78 is 6.00. The lowest BCUT2D eigenvalue weighted by Gasteiger charge is -2.01. The molecular weight excluding hydrogens is 262 g/mol. The van der Waals surface area contributed by atoms with Crippen LogP contribution in [0.15, 0.2) is 22.7 Å². The summed E-state index contributed by atoms with van der Waals surface area (Å²) in [4.78, 5) is 13.6. The average molecular weight is 270 g/mol. The molecule has 0 aliphatic carbocycles. The number of hydrogen-bond donors (Lipinski definition) is 2. The summed E-state index contributed by atoms with van der Waals surface area (Å²) >= 11 is 3.33. The van der Waals surface area contributed by atoms with Crippen molar-refractivity contribution >= 4 is 32.8 Å². The maximum atomic E-state index is 10.8. The maximum absolute atomic E-state index is 10.8. The molecular formula is C10H8BrNO3. The van der Waals surface area contributed by atoms with E-state index < -0.39 is 5.97 Å². The average Bonchev–Trinajstić information content (AvgIpc) is 2.59. The van der Waals surface area contributed by atoms with E-state index in [4.69, 9.17) is 9.84 Å². The number of rotatable bonds is 2. The number of carboxylic acids is 1. The molecule has 0 atom stereocenters. The predicted octanol–water partition coefficient (Wildman–Crippen LogP) is 2.64. The Bertz CT molecular complexity index is 533. The minimum Gasteiger partial charge on any atom is -0.495 e. The molecule has 0 saturated heterocycles. The molecule has 0 fully saturated rings. The van der Waals surface area contributed by atoms with Gasteiger partial charge in [-0.25, -0.2) is 4.79 Å². The highest BCUT2D eigenvalue weighted by molar-refractivity contribution is 9.10. The first-order valence-electron chi connectivity index (χ1n) is 4.21. The van der Waals surface area contributed by atoms with Gasteiger partial charge in [-0.3, -0.25) is 0 Å². The number of nitrogens with one attached hydrogen (secondary N) is 1. The Kier molecular flexibility index (Phi) is 2.40. The Hall–Kier alpha value is -1.49. The third kappa shape index (κ3) is 1.70. The molecule has 2 aromatic rings. The van der Waals surface area contributed by atoms with Gasteiger partial charge in [0.1, 0.15) is 11.4 Å². The van der Waals surface area contributed by atoms with Gasteiger partial charge in [0.25, 0.3) is 0 Å². The summed E-state index contributed by atoms with van der Waals surface area (Å²) in [5, 5.41) is 9.64. The molecule has 0 spiro atoms. The number of hydrogen-bond acceptors (Lipinski definition) is 2. The highest BCUT2D eigenvalue weighted by Crippen LogP contribution is 2.30. The van der Waals surface area contributed by atoms with E-state index in [1.165, 1.54) is 0 Å². The number of H-pyrrole nitrogens is 1. The lowest BCUT2D eigenvalue weighted by Crippen LogP contribution is -1.95. The van der Waals surface area contributed by atoms with Crippen molar-refractivity contribution in [1.29, 1.82) is 0 Å². The number of benzene rings is 1. The zero-order valence-corrected chi connectivity index (χ0v) is 9.46. The largest absolute Gasteiger partial charge is 0.495 e. The fourth-order valence-corrected chi connectivity index (χ4v) is 1.91. The molecule has 2 N–H and O–H groups in total. The molecule has 0 bridgehead atoms. The van der Waals surface area contributed by atoms with Crippen molar-refractivity contribution in [3.63, 3.8) is 0 Å². The molecule has 0 amide bonds. The molecule has 1 heterocycles. The van der Waals surface area contributed by atoms with Gasteiger partial charge in [-0.05, 0) is 18.2 Å². The number of fused-ring (bicyclic) bond motifs is 1. The predicted molar refractivity (Wildman–Crippen MR) is 59.5 cm³/mol. The fraction of sp³-hybridized carbons (Fsp3) is 0.100. The third-order valence-electron chi connectivity index (χ3n) is 2.11. The zero-order chi connectivity index (χ0) is 11.0.